The van der Waals surface area contributed by atoms with Gasteiger partial charge in [-0.2, -0.15) is 5.10 Å². The van der Waals surface area contributed by atoms with Gasteiger partial charge in [0, 0.05) is 18.0 Å². The summed E-state index contributed by atoms with van der Waals surface area (Å²) in [6, 6.07) is 4.89. The highest BCUT2D eigenvalue weighted by molar-refractivity contribution is 5.97. The Hall–Kier alpha value is -3.93. The van der Waals surface area contributed by atoms with Crippen LogP contribution < -0.4 is 15.9 Å². The van der Waals surface area contributed by atoms with Crippen LogP contribution >= 0.6 is 0 Å². The average Bonchev–Trinajstić information content (AvgIpc) is 3.38. The Kier molecular flexibility index (Phi) is 6.35. The fourth-order valence-corrected chi connectivity index (χ4v) is 4.37. The van der Waals surface area contributed by atoms with Crippen LogP contribution in [-0.4, -0.2) is 51.1 Å². The third-order valence-electron chi connectivity index (χ3n) is 6.14. The summed E-state index contributed by atoms with van der Waals surface area (Å²) in [7, 11) is 0. The summed E-state index contributed by atoms with van der Waals surface area (Å²) >= 11 is 0. The van der Waals surface area contributed by atoms with E-state index in [1.54, 1.807) is 32.3 Å². The first-order valence-electron chi connectivity index (χ1n) is 11.4. The Labute approximate surface area is 203 Å². The number of aromatic amines is 1. The Morgan fingerprint density at radius 3 is 2.58 bits per heavy atom. The first-order valence-corrected chi connectivity index (χ1v) is 11.4. The summed E-state index contributed by atoms with van der Waals surface area (Å²) < 4.78 is 48.3. The van der Waals surface area contributed by atoms with Crippen molar-refractivity contribution in [3.05, 3.63) is 69.8 Å². The van der Waals surface area contributed by atoms with E-state index in [-0.39, 0.29) is 11.1 Å². The molecule has 1 aliphatic rings. The zero-order valence-corrected chi connectivity index (χ0v) is 19.6. The van der Waals surface area contributed by atoms with Crippen LogP contribution in [0.4, 0.5) is 19.0 Å². The summed E-state index contributed by atoms with van der Waals surface area (Å²) in [6.07, 6.45) is 0.253. The molecule has 1 aromatic carbocycles. The number of hydrogen-bond donors (Lipinski definition) is 2. The van der Waals surface area contributed by atoms with Crippen molar-refractivity contribution in [3.63, 3.8) is 0 Å². The minimum Gasteiger partial charge on any atom is -0.378 e. The Morgan fingerprint density at radius 2 is 1.89 bits per heavy atom. The smallest absolute Gasteiger partial charge is 0.280 e. The molecule has 0 amide bonds. The van der Waals surface area contributed by atoms with E-state index in [1.165, 1.54) is 16.8 Å². The van der Waals surface area contributed by atoms with Gasteiger partial charge in [0.1, 0.15) is 17.5 Å². The zero-order valence-electron chi connectivity index (χ0n) is 19.6. The number of alkyl halides is 2. The number of hydrogen-bond acceptors (Lipinski definition) is 7. The number of morpholine rings is 1. The molecule has 4 heterocycles. The molecule has 0 unspecified atom stereocenters. The first-order chi connectivity index (χ1) is 17.3. The average molecular weight is 499 g/mol. The van der Waals surface area contributed by atoms with Crippen LogP contribution in [0.5, 0.6) is 0 Å². The SMILES string of the molecule is Cc1nc(N[C@H](C)c2cccc(C(F)F)c2F)c2cn(N3CCOCC3)c(=O)c(-c3ccn[nH]3)c2n1. The van der Waals surface area contributed by atoms with Crippen LogP contribution in [0, 0.1) is 12.7 Å². The Bertz CT molecular complexity index is 1450. The number of nitrogens with zero attached hydrogens (tertiary/aromatic N) is 5. The molecule has 0 saturated carbocycles. The van der Waals surface area contributed by atoms with Gasteiger partial charge < -0.3 is 15.1 Å². The standard InChI is InChI=1S/C24H24F3N7O2/c1-13(15-4-3-5-16(20(15)25)22(26)27)29-23-17-12-34(33-8-10-36-11-9-33)24(35)19(18-6-7-28-32-18)21(17)30-14(2)31-23/h3-7,12-13,22H,8-11H2,1-2H3,(H,28,32)(H,29,30,31)/t13-/m1/s1. The van der Waals surface area contributed by atoms with Gasteiger partial charge in [-0.1, -0.05) is 18.2 Å². The van der Waals surface area contributed by atoms with E-state index in [0.29, 0.717) is 60.1 Å². The molecular weight excluding hydrogens is 475 g/mol. The van der Waals surface area contributed by atoms with Gasteiger partial charge in [0.25, 0.3) is 12.0 Å². The van der Waals surface area contributed by atoms with Crippen molar-refractivity contribution in [2.45, 2.75) is 26.3 Å². The van der Waals surface area contributed by atoms with Crippen LogP contribution in [0.3, 0.4) is 0 Å². The largest absolute Gasteiger partial charge is 0.378 e. The highest BCUT2D eigenvalue weighted by atomic mass is 19.3. The summed E-state index contributed by atoms with van der Waals surface area (Å²) in [5.74, 6) is -0.246. The summed E-state index contributed by atoms with van der Waals surface area (Å²) in [4.78, 5) is 22.7. The van der Waals surface area contributed by atoms with Gasteiger partial charge >= 0.3 is 0 Å². The molecule has 2 N–H and O–H groups in total. The number of ether oxygens (including phenoxy) is 1. The number of benzene rings is 1. The minimum absolute atomic E-state index is 0.0764. The quantitative estimate of drug-likeness (QED) is 0.417. The number of pyridine rings is 1. The molecule has 0 aliphatic carbocycles. The number of anilines is 1. The monoisotopic (exact) mass is 499 g/mol. The van der Waals surface area contributed by atoms with E-state index >= 15 is 0 Å². The molecule has 9 nitrogen and oxygen atoms in total. The summed E-state index contributed by atoms with van der Waals surface area (Å²) in [5, 5.41) is 12.3. The number of H-pyrrole nitrogens is 1. The molecule has 1 atom stereocenters. The predicted molar refractivity (Wildman–Crippen MR) is 128 cm³/mol. The van der Waals surface area contributed by atoms with Gasteiger partial charge in [-0.3, -0.25) is 9.89 Å². The molecule has 1 aliphatic heterocycles. The molecular formula is C24H24F3N7O2. The third kappa shape index (κ3) is 4.28. The number of fused-ring (bicyclic) bond motifs is 1. The normalized spacial score (nSPS) is 15.0. The van der Waals surface area contributed by atoms with E-state index < -0.39 is 23.8 Å². The number of aryl methyl sites for hydroxylation is 1. The molecule has 1 fully saturated rings. The van der Waals surface area contributed by atoms with Crippen LogP contribution in [0.2, 0.25) is 0 Å². The molecule has 1 saturated heterocycles. The number of nitrogens with one attached hydrogen (secondary N) is 2. The fraction of sp³-hybridized carbons (Fsp3) is 0.333. The molecule has 0 radical (unpaired) electrons. The summed E-state index contributed by atoms with van der Waals surface area (Å²) in [5.41, 5.74) is 0.309. The van der Waals surface area contributed by atoms with Crippen molar-refractivity contribution < 1.29 is 17.9 Å². The molecule has 0 spiro atoms. The van der Waals surface area contributed by atoms with Crippen LogP contribution in [0.15, 0.2) is 41.5 Å². The second kappa shape index (κ2) is 9.61. The molecule has 188 valence electrons. The van der Waals surface area contributed by atoms with E-state index in [9.17, 15) is 18.0 Å². The molecule has 4 aromatic rings. The third-order valence-corrected chi connectivity index (χ3v) is 6.14. The van der Waals surface area contributed by atoms with Crippen molar-refractivity contribution in [1.29, 1.82) is 0 Å². The lowest BCUT2D eigenvalue weighted by Gasteiger charge is -2.31. The Morgan fingerprint density at radius 1 is 1.14 bits per heavy atom. The summed E-state index contributed by atoms with van der Waals surface area (Å²) in [6.45, 7) is 5.28. The van der Waals surface area contributed by atoms with Gasteiger partial charge in [0.15, 0.2) is 0 Å². The van der Waals surface area contributed by atoms with E-state index in [2.05, 4.69) is 25.5 Å². The predicted octanol–water partition coefficient (Wildman–Crippen LogP) is 3.71. The molecule has 12 heteroatoms. The van der Waals surface area contributed by atoms with Crippen LogP contribution in [0.1, 0.15) is 36.3 Å². The van der Waals surface area contributed by atoms with Crippen LogP contribution in [-0.2, 0) is 4.74 Å². The van der Waals surface area contributed by atoms with Crippen molar-refractivity contribution in [2.75, 3.05) is 36.6 Å². The van der Waals surface area contributed by atoms with Gasteiger partial charge in [-0.05, 0) is 19.9 Å². The minimum atomic E-state index is -2.93. The van der Waals surface area contributed by atoms with Crippen molar-refractivity contribution in [3.8, 4) is 11.3 Å². The Balaban J connectivity index is 1.68. The van der Waals surface area contributed by atoms with E-state index in [1.807, 2.05) is 5.01 Å². The fourth-order valence-electron chi connectivity index (χ4n) is 4.37. The van der Waals surface area contributed by atoms with Gasteiger partial charge in [0.2, 0.25) is 0 Å². The van der Waals surface area contributed by atoms with Gasteiger partial charge in [-0.25, -0.2) is 27.8 Å². The second-order valence-electron chi connectivity index (χ2n) is 8.49. The topological polar surface area (TPSA) is 101 Å². The maximum Gasteiger partial charge on any atom is 0.280 e. The van der Waals surface area contributed by atoms with Crippen molar-refractivity contribution in [1.82, 2.24) is 24.8 Å². The van der Waals surface area contributed by atoms with Crippen molar-refractivity contribution in [2.24, 2.45) is 0 Å². The van der Waals surface area contributed by atoms with Crippen molar-refractivity contribution >= 4 is 16.7 Å². The molecule has 3 aromatic heterocycles. The highest BCUT2D eigenvalue weighted by Crippen LogP contribution is 2.32. The zero-order chi connectivity index (χ0) is 25.4. The van der Waals surface area contributed by atoms with Crippen LogP contribution in [0.25, 0.3) is 22.2 Å². The van der Waals surface area contributed by atoms with Gasteiger partial charge in [0.05, 0.1) is 60.1 Å². The molecule has 36 heavy (non-hydrogen) atoms. The maximum atomic E-state index is 14.9. The van der Waals surface area contributed by atoms with E-state index in [4.69, 9.17) is 4.74 Å². The number of aromatic nitrogens is 5. The molecule has 5 rings (SSSR count). The lowest BCUT2D eigenvalue weighted by atomic mass is 10.0. The highest BCUT2D eigenvalue weighted by Gasteiger charge is 2.24. The lowest BCUT2D eigenvalue weighted by Crippen LogP contribution is -2.49. The van der Waals surface area contributed by atoms with Gasteiger partial charge in [-0.15, -0.1) is 0 Å². The second-order valence-corrected chi connectivity index (χ2v) is 8.49. The number of rotatable bonds is 6. The maximum absolute atomic E-state index is 14.9. The number of halogens is 3. The van der Waals surface area contributed by atoms with E-state index in [0.717, 1.165) is 6.07 Å². The lowest BCUT2D eigenvalue weighted by molar-refractivity contribution is 0.111. The first kappa shape index (κ1) is 23.8. The molecule has 0 bridgehead atoms.